The largest absolute Gasteiger partial charge is 0.497 e. The molecule has 2 aromatic rings. The van der Waals surface area contributed by atoms with Crippen LogP contribution in [-0.2, 0) is 11.8 Å². The van der Waals surface area contributed by atoms with E-state index in [1.807, 2.05) is 7.05 Å². The van der Waals surface area contributed by atoms with Crippen molar-refractivity contribution in [1.29, 1.82) is 0 Å². The van der Waals surface area contributed by atoms with E-state index in [1.165, 1.54) is 7.11 Å². The van der Waals surface area contributed by atoms with Gasteiger partial charge < -0.3 is 14.4 Å². The molecule has 0 aliphatic heterocycles. The zero-order valence-corrected chi connectivity index (χ0v) is 12.9. The highest BCUT2D eigenvalue weighted by atomic mass is 16.5. The molecule has 0 bridgehead atoms. The number of aldehydes is 1. The van der Waals surface area contributed by atoms with Crippen LogP contribution in [0.5, 0.6) is 0 Å². The molecule has 6 heteroatoms. The van der Waals surface area contributed by atoms with Crippen molar-refractivity contribution in [3.05, 3.63) is 54.7 Å². The molecule has 0 amide bonds. The number of allylic oxidation sites excluding steroid dienone is 3. The van der Waals surface area contributed by atoms with E-state index >= 15 is 0 Å². The minimum atomic E-state index is 0.443. The van der Waals surface area contributed by atoms with E-state index in [1.54, 1.807) is 29.1 Å². The molecule has 2 heterocycles. The predicted octanol–water partition coefficient (Wildman–Crippen LogP) is 2.12. The summed E-state index contributed by atoms with van der Waals surface area (Å²) in [5.74, 6) is 0.443. The van der Waals surface area contributed by atoms with Crippen molar-refractivity contribution in [2.24, 2.45) is 7.05 Å². The van der Waals surface area contributed by atoms with Crippen molar-refractivity contribution in [2.45, 2.75) is 0 Å². The number of carbonyl (C=O) groups excluding carboxylic acids is 1. The Morgan fingerprint density at radius 2 is 2.00 bits per heavy atom. The molecular formula is C16H19N3O3. The molecule has 0 radical (unpaired) electrons. The summed E-state index contributed by atoms with van der Waals surface area (Å²) in [6.07, 6.45) is 7.27. The Labute approximate surface area is 129 Å². The number of ether oxygens (including phenoxy) is 1. The molecule has 0 aromatic carbocycles. The average molecular weight is 301 g/mol. The standard InChI is InChI=1S/C15H15N3O2.CH4O/c1-5-6-11(10(2)20-4)14-12(9-19)13-15(18(14)3)17-8-7-16-13;1-2/h5-9H,1-2H2,3-4H3;2H,1H3/b11-6+;. The van der Waals surface area contributed by atoms with Crippen molar-refractivity contribution in [3.63, 3.8) is 0 Å². The van der Waals surface area contributed by atoms with Gasteiger partial charge in [0, 0.05) is 32.1 Å². The van der Waals surface area contributed by atoms with Crippen molar-refractivity contribution in [3.8, 4) is 0 Å². The van der Waals surface area contributed by atoms with Gasteiger partial charge in [0.15, 0.2) is 11.9 Å². The maximum absolute atomic E-state index is 11.5. The fourth-order valence-electron chi connectivity index (χ4n) is 2.13. The van der Waals surface area contributed by atoms with Crippen molar-refractivity contribution in [1.82, 2.24) is 14.5 Å². The second-order valence-electron chi connectivity index (χ2n) is 4.11. The third kappa shape index (κ3) is 2.96. The van der Waals surface area contributed by atoms with Crippen LogP contribution in [0.3, 0.4) is 0 Å². The lowest BCUT2D eigenvalue weighted by Crippen LogP contribution is -2.02. The van der Waals surface area contributed by atoms with Crippen LogP contribution < -0.4 is 0 Å². The summed E-state index contributed by atoms with van der Waals surface area (Å²) in [4.78, 5) is 19.9. The number of aliphatic hydroxyl groups excluding tert-OH is 1. The zero-order valence-electron chi connectivity index (χ0n) is 12.9. The molecule has 0 fully saturated rings. The van der Waals surface area contributed by atoms with Crippen LogP contribution in [0.25, 0.3) is 16.7 Å². The third-order valence-corrected chi connectivity index (χ3v) is 3.05. The maximum atomic E-state index is 11.5. The Bertz CT molecular complexity index is 730. The minimum absolute atomic E-state index is 0.443. The molecule has 22 heavy (non-hydrogen) atoms. The summed E-state index contributed by atoms with van der Waals surface area (Å²) in [6.45, 7) is 7.53. The number of aliphatic hydroxyl groups is 1. The first-order valence-corrected chi connectivity index (χ1v) is 6.41. The lowest BCUT2D eigenvalue weighted by molar-refractivity contribution is 0.112. The van der Waals surface area contributed by atoms with Gasteiger partial charge in [-0.15, -0.1) is 0 Å². The molecular weight excluding hydrogens is 282 g/mol. The van der Waals surface area contributed by atoms with Gasteiger partial charge in [-0.2, -0.15) is 0 Å². The van der Waals surface area contributed by atoms with E-state index in [4.69, 9.17) is 9.84 Å². The van der Waals surface area contributed by atoms with Gasteiger partial charge in [-0.25, -0.2) is 4.98 Å². The molecule has 6 nitrogen and oxygen atoms in total. The highest BCUT2D eigenvalue weighted by molar-refractivity contribution is 6.01. The van der Waals surface area contributed by atoms with Crippen molar-refractivity contribution < 1.29 is 14.6 Å². The van der Waals surface area contributed by atoms with Gasteiger partial charge in [-0.1, -0.05) is 19.2 Å². The average Bonchev–Trinajstić information content (AvgIpc) is 2.86. The highest BCUT2D eigenvalue weighted by Gasteiger charge is 2.21. The molecule has 0 atom stereocenters. The van der Waals surface area contributed by atoms with E-state index in [-0.39, 0.29) is 0 Å². The van der Waals surface area contributed by atoms with Gasteiger partial charge in [-0.3, -0.25) is 9.78 Å². The van der Waals surface area contributed by atoms with Crippen LogP contribution in [0, 0.1) is 0 Å². The maximum Gasteiger partial charge on any atom is 0.159 e. The smallest absolute Gasteiger partial charge is 0.159 e. The minimum Gasteiger partial charge on any atom is -0.497 e. The van der Waals surface area contributed by atoms with Gasteiger partial charge in [0.2, 0.25) is 0 Å². The number of hydrogen-bond acceptors (Lipinski definition) is 5. The van der Waals surface area contributed by atoms with Gasteiger partial charge in [-0.05, 0) is 6.08 Å². The number of hydrogen-bond donors (Lipinski definition) is 1. The zero-order chi connectivity index (χ0) is 16.7. The number of fused-ring (bicyclic) bond motifs is 1. The Morgan fingerprint density at radius 3 is 2.55 bits per heavy atom. The molecule has 0 unspecified atom stereocenters. The van der Waals surface area contributed by atoms with E-state index in [0.29, 0.717) is 33.8 Å². The summed E-state index contributed by atoms with van der Waals surface area (Å²) in [6, 6.07) is 0. The van der Waals surface area contributed by atoms with Gasteiger partial charge in [0.05, 0.1) is 18.4 Å². The monoisotopic (exact) mass is 301 g/mol. The van der Waals surface area contributed by atoms with Gasteiger partial charge in [0.25, 0.3) is 0 Å². The molecule has 2 aromatic heterocycles. The van der Waals surface area contributed by atoms with E-state index in [0.717, 1.165) is 13.4 Å². The third-order valence-electron chi connectivity index (χ3n) is 3.05. The Morgan fingerprint density at radius 1 is 1.36 bits per heavy atom. The Balaban J connectivity index is 0.00000116. The van der Waals surface area contributed by atoms with E-state index < -0.39 is 0 Å². The molecule has 116 valence electrons. The Kier molecular flexibility index (Phi) is 6.22. The summed E-state index contributed by atoms with van der Waals surface area (Å²) in [7, 11) is 4.35. The first-order chi connectivity index (χ1) is 10.7. The number of carbonyl (C=O) groups is 1. The summed E-state index contributed by atoms with van der Waals surface area (Å²) >= 11 is 0. The molecule has 0 saturated carbocycles. The van der Waals surface area contributed by atoms with E-state index in [2.05, 4.69) is 23.1 Å². The molecule has 1 N–H and O–H groups in total. The van der Waals surface area contributed by atoms with Crippen LogP contribution in [0.4, 0.5) is 0 Å². The van der Waals surface area contributed by atoms with Crippen LogP contribution >= 0.6 is 0 Å². The van der Waals surface area contributed by atoms with Crippen molar-refractivity contribution in [2.75, 3.05) is 14.2 Å². The molecule has 2 rings (SSSR count). The number of aryl methyl sites for hydroxylation is 1. The lowest BCUT2D eigenvalue weighted by Gasteiger charge is -2.11. The van der Waals surface area contributed by atoms with E-state index in [9.17, 15) is 4.79 Å². The van der Waals surface area contributed by atoms with Crippen LogP contribution in [0.15, 0.2) is 43.5 Å². The number of nitrogens with zero attached hydrogens (tertiary/aromatic N) is 3. The number of methoxy groups -OCH3 is 1. The molecule has 0 spiro atoms. The van der Waals surface area contributed by atoms with Gasteiger partial charge >= 0.3 is 0 Å². The fraction of sp³-hybridized carbons (Fsp3) is 0.188. The van der Waals surface area contributed by atoms with Gasteiger partial charge in [0.1, 0.15) is 11.3 Å². The molecule has 0 aliphatic carbocycles. The fourth-order valence-corrected chi connectivity index (χ4v) is 2.13. The number of aromatic nitrogens is 3. The van der Waals surface area contributed by atoms with Crippen LogP contribution in [0.1, 0.15) is 16.1 Å². The van der Waals surface area contributed by atoms with Crippen molar-refractivity contribution >= 4 is 23.0 Å². The first kappa shape index (κ1) is 17.3. The summed E-state index contributed by atoms with van der Waals surface area (Å²) in [5, 5.41) is 7.00. The predicted molar refractivity (Wildman–Crippen MR) is 86.4 cm³/mol. The van der Waals surface area contributed by atoms with Crippen LogP contribution in [-0.4, -0.2) is 40.1 Å². The second-order valence-corrected chi connectivity index (χ2v) is 4.11. The molecule has 0 aliphatic rings. The summed E-state index contributed by atoms with van der Waals surface area (Å²) < 4.78 is 6.99. The molecule has 0 saturated heterocycles. The first-order valence-electron chi connectivity index (χ1n) is 6.41. The summed E-state index contributed by atoms with van der Waals surface area (Å²) in [5.41, 5.74) is 2.98. The lowest BCUT2D eigenvalue weighted by atomic mass is 10.1. The Hall–Kier alpha value is -2.73. The quantitative estimate of drug-likeness (QED) is 0.520. The number of rotatable bonds is 5. The topological polar surface area (TPSA) is 77.2 Å². The second kappa shape index (κ2) is 7.90. The normalized spacial score (nSPS) is 10.6. The highest BCUT2D eigenvalue weighted by Crippen LogP contribution is 2.30. The van der Waals surface area contributed by atoms with Crippen LogP contribution in [0.2, 0.25) is 0 Å². The SMILES string of the molecule is C=C/C=C(\C(=C)OC)c1c(C=O)c2nccnc2n1C.CO.